The van der Waals surface area contributed by atoms with Gasteiger partial charge >= 0.3 is 6.18 Å². The number of hydrogen-bond acceptors (Lipinski definition) is 3. The standard InChI is InChI=1S/C19H17ClF3NO3/c1-18(2,11-3-6-15-16(9-11)27-8-7-26-15)17(25)24-12-4-5-14(20)13(10-12)19(21,22)23/h3-6,9-10H,7-8H2,1-2H3,(H,24,25). The lowest BCUT2D eigenvalue weighted by atomic mass is 9.83. The molecule has 27 heavy (non-hydrogen) atoms. The number of amides is 1. The van der Waals surface area contributed by atoms with E-state index in [2.05, 4.69) is 5.32 Å². The van der Waals surface area contributed by atoms with E-state index < -0.39 is 28.1 Å². The van der Waals surface area contributed by atoms with Crippen LogP contribution in [-0.2, 0) is 16.4 Å². The molecule has 2 aromatic carbocycles. The van der Waals surface area contributed by atoms with Gasteiger partial charge in [0, 0.05) is 5.69 Å². The minimum Gasteiger partial charge on any atom is -0.486 e. The van der Waals surface area contributed by atoms with E-state index in [1.54, 1.807) is 32.0 Å². The number of ether oxygens (including phenoxy) is 2. The first-order valence-electron chi connectivity index (χ1n) is 8.17. The quantitative estimate of drug-likeness (QED) is 0.786. The summed E-state index contributed by atoms with van der Waals surface area (Å²) < 4.78 is 50.0. The van der Waals surface area contributed by atoms with Crippen molar-refractivity contribution in [3.05, 3.63) is 52.5 Å². The molecule has 1 amide bonds. The van der Waals surface area contributed by atoms with Crippen molar-refractivity contribution in [3.8, 4) is 11.5 Å². The van der Waals surface area contributed by atoms with Gasteiger partial charge in [0.25, 0.3) is 0 Å². The highest BCUT2D eigenvalue weighted by Gasteiger charge is 2.35. The van der Waals surface area contributed by atoms with E-state index in [4.69, 9.17) is 21.1 Å². The summed E-state index contributed by atoms with van der Waals surface area (Å²) in [4.78, 5) is 12.8. The van der Waals surface area contributed by atoms with Gasteiger partial charge in [0.05, 0.1) is 16.0 Å². The van der Waals surface area contributed by atoms with Crippen molar-refractivity contribution < 1.29 is 27.4 Å². The van der Waals surface area contributed by atoms with Gasteiger partial charge in [-0.2, -0.15) is 13.2 Å². The van der Waals surface area contributed by atoms with Gasteiger partial charge in [-0.15, -0.1) is 0 Å². The van der Waals surface area contributed by atoms with E-state index in [9.17, 15) is 18.0 Å². The van der Waals surface area contributed by atoms with Gasteiger partial charge in [0.2, 0.25) is 5.91 Å². The Balaban J connectivity index is 1.85. The molecule has 1 aliphatic heterocycles. The first-order valence-corrected chi connectivity index (χ1v) is 8.55. The Morgan fingerprint density at radius 1 is 1.04 bits per heavy atom. The van der Waals surface area contributed by atoms with Crippen LogP contribution in [0.3, 0.4) is 0 Å². The lowest BCUT2D eigenvalue weighted by Gasteiger charge is -2.26. The summed E-state index contributed by atoms with van der Waals surface area (Å²) in [6, 6.07) is 8.41. The Morgan fingerprint density at radius 2 is 1.70 bits per heavy atom. The first kappa shape index (κ1) is 19.4. The van der Waals surface area contributed by atoms with Crippen molar-refractivity contribution in [1.29, 1.82) is 0 Å². The van der Waals surface area contributed by atoms with E-state index in [-0.39, 0.29) is 5.69 Å². The van der Waals surface area contributed by atoms with Crippen LogP contribution in [0.1, 0.15) is 25.0 Å². The summed E-state index contributed by atoms with van der Waals surface area (Å²) >= 11 is 5.61. The number of carbonyl (C=O) groups excluding carboxylic acids is 1. The molecule has 0 saturated carbocycles. The van der Waals surface area contributed by atoms with Crippen LogP contribution in [0, 0.1) is 0 Å². The molecule has 3 rings (SSSR count). The Labute approximate surface area is 159 Å². The van der Waals surface area contributed by atoms with Crippen molar-refractivity contribution in [3.63, 3.8) is 0 Å². The maximum Gasteiger partial charge on any atom is 0.417 e. The third kappa shape index (κ3) is 3.98. The number of carbonyl (C=O) groups is 1. The summed E-state index contributed by atoms with van der Waals surface area (Å²) in [7, 11) is 0. The van der Waals surface area contributed by atoms with Crippen molar-refractivity contribution >= 4 is 23.2 Å². The van der Waals surface area contributed by atoms with Crippen LogP contribution < -0.4 is 14.8 Å². The van der Waals surface area contributed by atoms with Gasteiger partial charge in [-0.25, -0.2) is 0 Å². The van der Waals surface area contributed by atoms with Crippen LogP contribution in [0.2, 0.25) is 5.02 Å². The number of rotatable bonds is 3. The Morgan fingerprint density at radius 3 is 2.37 bits per heavy atom. The van der Waals surface area contributed by atoms with Crippen LogP contribution in [-0.4, -0.2) is 19.1 Å². The topological polar surface area (TPSA) is 47.6 Å². The zero-order valence-electron chi connectivity index (χ0n) is 14.6. The predicted octanol–water partition coefficient (Wildman–Crippen LogP) is 5.05. The number of halogens is 4. The number of fused-ring (bicyclic) bond motifs is 1. The molecule has 0 bridgehead atoms. The monoisotopic (exact) mass is 399 g/mol. The number of nitrogens with one attached hydrogen (secondary N) is 1. The highest BCUT2D eigenvalue weighted by molar-refractivity contribution is 6.31. The molecule has 1 aliphatic rings. The second-order valence-corrected chi connectivity index (χ2v) is 7.04. The summed E-state index contributed by atoms with van der Waals surface area (Å²) in [6.45, 7) is 4.21. The first-order chi connectivity index (χ1) is 12.6. The highest BCUT2D eigenvalue weighted by atomic mass is 35.5. The molecule has 2 aromatic rings. The van der Waals surface area contributed by atoms with Crippen LogP contribution in [0.25, 0.3) is 0 Å². The fourth-order valence-corrected chi connectivity index (χ4v) is 2.90. The summed E-state index contributed by atoms with van der Waals surface area (Å²) in [5.41, 5.74) is -1.36. The number of hydrogen-bond donors (Lipinski definition) is 1. The van der Waals surface area contributed by atoms with E-state index >= 15 is 0 Å². The maximum absolute atomic E-state index is 13.0. The molecule has 1 heterocycles. The molecule has 0 unspecified atom stereocenters. The summed E-state index contributed by atoms with van der Waals surface area (Å²) in [5.74, 6) is 0.661. The fourth-order valence-electron chi connectivity index (χ4n) is 2.67. The molecule has 0 spiro atoms. The van der Waals surface area contributed by atoms with Crippen molar-refractivity contribution in [1.82, 2.24) is 0 Å². The number of benzene rings is 2. The SMILES string of the molecule is CC(C)(C(=O)Nc1ccc(Cl)c(C(F)(F)F)c1)c1ccc2c(c1)OCCO2. The van der Waals surface area contributed by atoms with E-state index in [0.29, 0.717) is 30.3 Å². The van der Waals surface area contributed by atoms with E-state index in [1.165, 1.54) is 6.07 Å². The molecule has 8 heteroatoms. The summed E-state index contributed by atoms with van der Waals surface area (Å²) in [5, 5.41) is 2.11. The smallest absolute Gasteiger partial charge is 0.417 e. The Bertz CT molecular complexity index is 881. The second-order valence-electron chi connectivity index (χ2n) is 6.63. The predicted molar refractivity (Wildman–Crippen MR) is 95.5 cm³/mol. The number of alkyl halides is 3. The lowest BCUT2D eigenvalue weighted by molar-refractivity contribution is -0.137. The molecule has 0 atom stereocenters. The second kappa shape index (κ2) is 6.96. The molecule has 0 fully saturated rings. The average Bonchev–Trinajstić information content (AvgIpc) is 2.61. The molecule has 0 aromatic heterocycles. The third-order valence-corrected chi connectivity index (χ3v) is 4.69. The molecular weight excluding hydrogens is 383 g/mol. The van der Waals surface area contributed by atoms with Gasteiger partial charge in [-0.05, 0) is 49.7 Å². The number of anilines is 1. The normalized spacial score (nSPS) is 14.0. The molecule has 144 valence electrons. The van der Waals surface area contributed by atoms with Gasteiger partial charge in [-0.3, -0.25) is 4.79 Å². The zero-order valence-corrected chi connectivity index (χ0v) is 15.4. The molecular formula is C19H17ClF3NO3. The van der Waals surface area contributed by atoms with E-state index in [1.807, 2.05) is 0 Å². The molecule has 0 radical (unpaired) electrons. The van der Waals surface area contributed by atoms with Crippen LogP contribution >= 0.6 is 11.6 Å². The average molecular weight is 400 g/mol. The maximum atomic E-state index is 13.0. The molecule has 0 aliphatic carbocycles. The van der Waals surface area contributed by atoms with Gasteiger partial charge in [0.15, 0.2) is 11.5 Å². The fraction of sp³-hybridized carbons (Fsp3) is 0.316. The molecule has 0 saturated heterocycles. The highest BCUT2D eigenvalue weighted by Crippen LogP contribution is 2.38. The van der Waals surface area contributed by atoms with Crippen LogP contribution in [0.4, 0.5) is 18.9 Å². The van der Waals surface area contributed by atoms with E-state index in [0.717, 1.165) is 12.1 Å². The molecule has 1 N–H and O–H groups in total. The van der Waals surface area contributed by atoms with Crippen LogP contribution in [0.5, 0.6) is 11.5 Å². The van der Waals surface area contributed by atoms with Crippen molar-refractivity contribution in [2.24, 2.45) is 0 Å². The minimum atomic E-state index is -4.61. The van der Waals surface area contributed by atoms with Crippen molar-refractivity contribution in [2.45, 2.75) is 25.4 Å². The van der Waals surface area contributed by atoms with Crippen LogP contribution in [0.15, 0.2) is 36.4 Å². The van der Waals surface area contributed by atoms with Gasteiger partial charge in [0.1, 0.15) is 13.2 Å². The summed E-state index contributed by atoms with van der Waals surface area (Å²) in [6.07, 6.45) is -4.61. The minimum absolute atomic E-state index is 0.0161. The van der Waals surface area contributed by atoms with Gasteiger partial charge < -0.3 is 14.8 Å². The van der Waals surface area contributed by atoms with Crippen molar-refractivity contribution in [2.75, 3.05) is 18.5 Å². The molecule has 4 nitrogen and oxygen atoms in total. The zero-order chi connectivity index (χ0) is 19.8. The largest absolute Gasteiger partial charge is 0.486 e. The third-order valence-electron chi connectivity index (χ3n) is 4.36. The lowest BCUT2D eigenvalue weighted by Crippen LogP contribution is -2.35. The van der Waals surface area contributed by atoms with Gasteiger partial charge in [-0.1, -0.05) is 17.7 Å². The Kier molecular flexibility index (Phi) is 4.99. The Hall–Kier alpha value is -2.41.